The molecule has 49 heavy (non-hydrogen) atoms. The minimum absolute atomic E-state index is 0.622. The molecular formula is C46H30N2O. The van der Waals surface area contributed by atoms with Gasteiger partial charge in [0.2, 0.25) is 5.89 Å². The fourth-order valence-corrected chi connectivity index (χ4v) is 7.41. The van der Waals surface area contributed by atoms with Crippen LogP contribution < -0.4 is 4.90 Å². The van der Waals surface area contributed by atoms with Crippen LogP contribution >= 0.6 is 0 Å². The van der Waals surface area contributed by atoms with Gasteiger partial charge < -0.3 is 9.32 Å². The molecule has 9 aromatic rings. The van der Waals surface area contributed by atoms with Gasteiger partial charge in [0.25, 0.3) is 0 Å². The van der Waals surface area contributed by atoms with E-state index in [0.717, 1.165) is 50.9 Å². The molecule has 230 valence electrons. The zero-order chi connectivity index (χ0) is 32.3. The van der Waals surface area contributed by atoms with Crippen molar-refractivity contribution in [2.75, 3.05) is 4.90 Å². The summed E-state index contributed by atoms with van der Waals surface area (Å²) >= 11 is 0. The van der Waals surface area contributed by atoms with E-state index in [0.29, 0.717) is 5.89 Å². The molecule has 0 radical (unpaired) electrons. The van der Waals surface area contributed by atoms with E-state index in [-0.39, 0.29) is 0 Å². The molecule has 3 heteroatoms. The molecule has 0 saturated carbocycles. The Balaban J connectivity index is 1.24. The van der Waals surface area contributed by atoms with Crippen LogP contribution in [0.15, 0.2) is 174 Å². The SMILES string of the molecule is c1ccc(-c2nc3c(cc(N(c4ccccc4)c4ccc(-c5cccc6ccccc56)c(-c5cccc6c5C6)c4)c4ccccc43)o2)cc1. The van der Waals surface area contributed by atoms with E-state index in [1.54, 1.807) is 0 Å². The Morgan fingerprint density at radius 2 is 1.18 bits per heavy atom. The third-order valence-corrected chi connectivity index (χ3v) is 9.80. The monoisotopic (exact) mass is 626 g/mol. The summed E-state index contributed by atoms with van der Waals surface area (Å²) in [5.74, 6) is 0.622. The topological polar surface area (TPSA) is 29.3 Å². The Kier molecular flexibility index (Phi) is 6.25. The van der Waals surface area contributed by atoms with Gasteiger partial charge in [0, 0.05) is 33.8 Å². The van der Waals surface area contributed by atoms with Gasteiger partial charge in [0.15, 0.2) is 5.58 Å². The number of fused-ring (bicyclic) bond motifs is 5. The number of aromatic nitrogens is 1. The highest BCUT2D eigenvalue weighted by atomic mass is 16.3. The quantitative estimate of drug-likeness (QED) is 0.184. The summed E-state index contributed by atoms with van der Waals surface area (Å²) in [7, 11) is 0. The van der Waals surface area contributed by atoms with E-state index in [9.17, 15) is 0 Å². The highest BCUT2D eigenvalue weighted by Gasteiger charge is 2.26. The largest absolute Gasteiger partial charge is 0.436 e. The maximum Gasteiger partial charge on any atom is 0.227 e. The summed E-state index contributed by atoms with van der Waals surface area (Å²) in [5.41, 5.74) is 13.7. The minimum Gasteiger partial charge on any atom is -0.436 e. The fraction of sp³-hybridized carbons (Fsp3) is 0.0217. The van der Waals surface area contributed by atoms with Crippen LogP contribution in [0.1, 0.15) is 11.1 Å². The van der Waals surface area contributed by atoms with Crippen molar-refractivity contribution in [3.63, 3.8) is 0 Å². The Hall–Kier alpha value is -6.45. The fourth-order valence-electron chi connectivity index (χ4n) is 7.41. The van der Waals surface area contributed by atoms with Crippen LogP contribution in [0.2, 0.25) is 0 Å². The van der Waals surface area contributed by atoms with Crippen molar-refractivity contribution in [2.24, 2.45) is 0 Å². The second kappa shape index (κ2) is 11.1. The minimum atomic E-state index is 0.622. The zero-order valence-corrected chi connectivity index (χ0v) is 26.7. The standard InChI is InChI=1S/C46H30N2O/c1-3-14-31(15-4-1)46-47-45-40-22-10-9-21-39(40)43(29-44(45)49-46)48(33-18-5-2-6-19-33)34-25-26-38(36-23-11-16-30-13-7-8-20-35(30)36)42(28-34)37-24-12-17-32-27-41(32)37/h1-26,28-29H,27H2. The van der Waals surface area contributed by atoms with E-state index in [1.807, 2.05) is 30.3 Å². The van der Waals surface area contributed by atoms with E-state index < -0.39 is 0 Å². The Morgan fingerprint density at radius 3 is 2.04 bits per heavy atom. The van der Waals surface area contributed by atoms with E-state index in [1.165, 1.54) is 44.2 Å². The zero-order valence-electron chi connectivity index (χ0n) is 26.7. The Morgan fingerprint density at radius 1 is 0.490 bits per heavy atom. The lowest BCUT2D eigenvalue weighted by Crippen LogP contribution is -2.11. The molecule has 1 aliphatic rings. The third kappa shape index (κ3) is 4.62. The maximum atomic E-state index is 6.52. The lowest BCUT2D eigenvalue weighted by molar-refractivity contribution is 0.620. The van der Waals surface area contributed by atoms with Gasteiger partial charge >= 0.3 is 0 Å². The molecule has 1 aromatic heterocycles. The van der Waals surface area contributed by atoms with Gasteiger partial charge in [0.1, 0.15) is 5.52 Å². The number of hydrogen-bond acceptors (Lipinski definition) is 3. The maximum absolute atomic E-state index is 6.52. The number of nitrogens with zero attached hydrogens (tertiary/aromatic N) is 2. The first-order chi connectivity index (χ1) is 24.3. The number of oxazole rings is 1. The molecule has 0 bridgehead atoms. The number of para-hydroxylation sites is 1. The lowest BCUT2D eigenvalue weighted by Gasteiger charge is -2.28. The number of anilines is 3. The van der Waals surface area contributed by atoms with Crippen LogP contribution in [-0.2, 0) is 6.42 Å². The van der Waals surface area contributed by atoms with Gasteiger partial charge in [-0.15, -0.1) is 0 Å². The molecule has 0 aliphatic heterocycles. The van der Waals surface area contributed by atoms with Crippen LogP contribution in [0.3, 0.4) is 0 Å². The van der Waals surface area contributed by atoms with Crippen molar-refractivity contribution in [1.82, 2.24) is 4.98 Å². The molecule has 0 unspecified atom stereocenters. The molecule has 0 amide bonds. The normalized spacial score (nSPS) is 12.0. The summed E-state index contributed by atoms with van der Waals surface area (Å²) in [6.07, 6.45) is 1.04. The molecule has 1 aliphatic carbocycles. The number of hydrogen-bond donors (Lipinski definition) is 0. The van der Waals surface area contributed by atoms with E-state index in [2.05, 4.69) is 144 Å². The van der Waals surface area contributed by atoms with Crippen molar-refractivity contribution in [3.8, 4) is 33.7 Å². The van der Waals surface area contributed by atoms with Gasteiger partial charge in [-0.2, -0.15) is 0 Å². The average Bonchev–Trinajstić information content (AvgIpc) is 3.85. The molecule has 8 aromatic carbocycles. The van der Waals surface area contributed by atoms with Crippen molar-refractivity contribution in [3.05, 3.63) is 181 Å². The number of benzene rings is 8. The van der Waals surface area contributed by atoms with Gasteiger partial charge in [-0.05, 0) is 87.0 Å². The van der Waals surface area contributed by atoms with Crippen LogP contribution in [0.25, 0.3) is 66.4 Å². The molecule has 0 fully saturated rings. The molecule has 0 saturated heterocycles. The molecule has 0 spiro atoms. The molecule has 0 N–H and O–H groups in total. The van der Waals surface area contributed by atoms with Crippen LogP contribution in [0.5, 0.6) is 0 Å². The second-order valence-corrected chi connectivity index (χ2v) is 12.7. The van der Waals surface area contributed by atoms with Crippen molar-refractivity contribution >= 4 is 49.7 Å². The lowest BCUT2D eigenvalue weighted by atomic mass is 9.90. The molecule has 0 atom stereocenters. The first-order valence-corrected chi connectivity index (χ1v) is 16.8. The molecule has 10 rings (SSSR count). The van der Waals surface area contributed by atoms with Crippen molar-refractivity contribution in [2.45, 2.75) is 6.42 Å². The molecule has 3 nitrogen and oxygen atoms in total. The van der Waals surface area contributed by atoms with Crippen molar-refractivity contribution in [1.29, 1.82) is 0 Å². The highest BCUT2D eigenvalue weighted by molar-refractivity contribution is 6.12. The summed E-state index contributed by atoms with van der Waals surface area (Å²) < 4.78 is 6.52. The van der Waals surface area contributed by atoms with Gasteiger partial charge in [0.05, 0.1) is 5.69 Å². The molecular weight excluding hydrogens is 597 g/mol. The van der Waals surface area contributed by atoms with Crippen LogP contribution in [0.4, 0.5) is 17.1 Å². The third-order valence-electron chi connectivity index (χ3n) is 9.80. The summed E-state index contributed by atoms with van der Waals surface area (Å²) in [5, 5.41) is 4.67. The highest BCUT2D eigenvalue weighted by Crippen LogP contribution is 2.48. The summed E-state index contributed by atoms with van der Waals surface area (Å²) in [6.45, 7) is 0. The Labute approximate surface area is 284 Å². The first-order valence-electron chi connectivity index (χ1n) is 16.8. The predicted molar refractivity (Wildman–Crippen MR) is 203 cm³/mol. The van der Waals surface area contributed by atoms with Gasteiger partial charge in [-0.1, -0.05) is 127 Å². The summed E-state index contributed by atoms with van der Waals surface area (Å²) in [4.78, 5) is 7.38. The van der Waals surface area contributed by atoms with Crippen LogP contribution in [0, 0.1) is 0 Å². The number of rotatable bonds is 6. The second-order valence-electron chi connectivity index (χ2n) is 12.7. The first kappa shape index (κ1) is 27.6. The van der Waals surface area contributed by atoms with E-state index >= 15 is 0 Å². The summed E-state index contributed by atoms with van der Waals surface area (Å²) in [6, 6.07) is 60.4. The van der Waals surface area contributed by atoms with E-state index in [4.69, 9.17) is 9.40 Å². The van der Waals surface area contributed by atoms with Crippen LogP contribution in [-0.4, -0.2) is 4.98 Å². The smallest absolute Gasteiger partial charge is 0.227 e. The van der Waals surface area contributed by atoms with Gasteiger partial charge in [-0.25, -0.2) is 4.98 Å². The Bertz CT molecular complexity index is 2690. The molecule has 1 heterocycles. The van der Waals surface area contributed by atoms with Crippen molar-refractivity contribution < 1.29 is 4.42 Å². The van der Waals surface area contributed by atoms with Gasteiger partial charge in [-0.3, -0.25) is 0 Å². The average molecular weight is 627 g/mol. The predicted octanol–water partition coefficient (Wildman–Crippen LogP) is 12.5.